The van der Waals surface area contributed by atoms with E-state index in [4.69, 9.17) is 4.74 Å². The van der Waals surface area contributed by atoms with Gasteiger partial charge >= 0.3 is 0 Å². The molecule has 2 aromatic rings. The molecular formula is C22H32IN5O2S. The van der Waals surface area contributed by atoms with Crippen LogP contribution in [0.2, 0.25) is 0 Å². The Labute approximate surface area is 205 Å². The van der Waals surface area contributed by atoms with Crippen molar-refractivity contribution in [2.24, 2.45) is 4.99 Å². The topological polar surface area (TPSA) is 78.8 Å². The second-order valence-electron chi connectivity index (χ2n) is 7.63. The number of aromatic nitrogens is 1. The van der Waals surface area contributed by atoms with E-state index < -0.39 is 0 Å². The van der Waals surface area contributed by atoms with Crippen LogP contribution in [0.5, 0.6) is 0 Å². The number of nitrogens with zero attached hydrogens (tertiary/aromatic N) is 3. The molecule has 170 valence electrons. The monoisotopic (exact) mass is 557 g/mol. The molecular weight excluding hydrogens is 525 g/mol. The van der Waals surface area contributed by atoms with Crippen LogP contribution in [0.15, 0.2) is 35.5 Å². The highest BCUT2D eigenvalue weighted by Gasteiger charge is 2.26. The van der Waals surface area contributed by atoms with Crippen molar-refractivity contribution < 1.29 is 9.53 Å². The van der Waals surface area contributed by atoms with Crippen molar-refractivity contribution in [3.63, 3.8) is 0 Å². The van der Waals surface area contributed by atoms with Gasteiger partial charge in [-0.3, -0.25) is 9.79 Å². The third-order valence-corrected chi connectivity index (χ3v) is 5.86. The van der Waals surface area contributed by atoms with Crippen molar-refractivity contribution in [2.45, 2.75) is 45.9 Å². The van der Waals surface area contributed by atoms with Crippen LogP contribution in [0.1, 0.15) is 39.7 Å². The van der Waals surface area contributed by atoms with E-state index in [1.807, 2.05) is 49.2 Å². The highest BCUT2D eigenvalue weighted by Crippen LogP contribution is 2.15. The zero-order valence-corrected chi connectivity index (χ0v) is 21.7. The summed E-state index contributed by atoms with van der Waals surface area (Å²) in [5.74, 6) is 0.811. The molecule has 7 nitrogen and oxygen atoms in total. The Hall–Kier alpha value is -1.72. The number of hydrogen-bond acceptors (Lipinski definition) is 5. The normalized spacial score (nSPS) is 19.0. The zero-order chi connectivity index (χ0) is 21.5. The number of guanidine groups is 1. The maximum absolute atomic E-state index is 12.8. The van der Waals surface area contributed by atoms with Crippen molar-refractivity contribution >= 4 is 47.2 Å². The number of carbonyl (C=O) groups excluding carboxylic acids is 1. The number of rotatable bonds is 6. The van der Waals surface area contributed by atoms with E-state index in [1.165, 1.54) is 4.88 Å². The second-order valence-corrected chi connectivity index (χ2v) is 8.95. The zero-order valence-electron chi connectivity index (χ0n) is 18.6. The van der Waals surface area contributed by atoms with Crippen LogP contribution in [0, 0.1) is 6.92 Å². The van der Waals surface area contributed by atoms with E-state index >= 15 is 0 Å². The average molecular weight is 558 g/mol. The summed E-state index contributed by atoms with van der Waals surface area (Å²) in [7, 11) is 1.76. The number of aliphatic imine (C=N–C) groups is 1. The van der Waals surface area contributed by atoms with Gasteiger partial charge in [0.2, 0.25) is 0 Å². The molecule has 2 N–H and O–H groups in total. The smallest absolute Gasteiger partial charge is 0.254 e. The van der Waals surface area contributed by atoms with Crippen molar-refractivity contribution in [3.05, 3.63) is 51.5 Å². The lowest BCUT2D eigenvalue weighted by atomic mass is 10.1. The molecule has 1 aromatic carbocycles. The highest BCUT2D eigenvalue weighted by molar-refractivity contribution is 14.0. The number of nitrogens with one attached hydrogen (secondary N) is 2. The molecule has 0 spiro atoms. The van der Waals surface area contributed by atoms with Gasteiger partial charge in [-0.2, -0.15) is 0 Å². The van der Waals surface area contributed by atoms with Gasteiger partial charge in [0, 0.05) is 56.3 Å². The summed E-state index contributed by atoms with van der Waals surface area (Å²) in [5, 5.41) is 7.75. The predicted molar refractivity (Wildman–Crippen MR) is 137 cm³/mol. The van der Waals surface area contributed by atoms with Crippen molar-refractivity contribution in [3.8, 4) is 0 Å². The first-order valence-corrected chi connectivity index (χ1v) is 11.2. The number of morpholine rings is 1. The van der Waals surface area contributed by atoms with Gasteiger partial charge in [0.1, 0.15) is 0 Å². The summed E-state index contributed by atoms with van der Waals surface area (Å²) in [6, 6.07) is 7.76. The Morgan fingerprint density at radius 1 is 1.23 bits per heavy atom. The Bertz CT molecular complexity index is 861. The molecule has 1 aromatic heterocycles. The van der Waals surface area contributed by atoms with Crippen LogP contribution in [0.4, 0.5) is 0 Å². The molecule has 31 heavy (non-hydrogen) atoms. The van der Waals surface area contributed by atoms with E-state index in [0.717, 1.165) is 29.5 Å². The van der Waals surface area contributed by atoms with Gasteiger partial charge < -0.3 is 20.3 Å². The molecule has 0 radical (unpaired) electrons. The molecule has 0 saturated carbocycles. The van der Waals surface area contributed by atoms with Crippen LogP contribution in [0.25, 0.3) is 0 Å². The van der Waals surface area contributed by atoms with E-state index in [-0.39, 0.29) is 42.1 Å². The van der Waals surface area contributed by atoms with Gasteiger partial charge in [0.15, 0.2) is 5.96 Å². The van der Waals surface area contributed by atoms with Gasteiger partial charge in [0.25, 0.3) is 5.91 Å². The number of halogens is 1. The molecule has 1 aliphatic rings. The minimum atomic E-state index is 0. The van der Waals surface area contributed by atoms with Gasteiger partial charge in [0.05, 0.1) is 17.2 Å². The van der Waals surface area contributed by atoms with Gasteiger partial charge in [-0.1, -0.05) is 12.1 Å². The van der Waals surface area contributed by atoms with Crippen molar-refractivity contribution in [1.29, 1.82) is 0 Å². The largest absolute Gasteiger partial charge is 0.372 e. The minimum absolute atomic E-state index is 0. The number of benzene rings is 1. The van der Waals surface area contributed by atoms with Gasteiger partial charge in [-0.25, -0.2) is 4.98 Å². The summed E-state index contributed by atoms with van der Waals surface area (Å²) < 4.78 is 5.72. The first kappa shape index (κ1) is 25.5. The number of hydrogen-bond donors (Lipinski definition) is 2. The summed E-state index contributed by atoms with van der Waals surface area (Å²) in [6.07, 6.45) is 2.91. The van der Waals surface area contributed by atoms with Crippen LogP contribution >= 0.6 is 35.3 Å². The van der Waals surface area contributed by atoms with E-state index in [2.05, 4.69) is 27.5 Å². The molecule has 1 saturated heterocycles. The molecule has 2 heterocycles. The van der Waals surface area contributed by atoms with E-state index in [0.29, 0.717) is 25.2 Å². The van der Waals surface area contributed by atoms with Crippen LogP contribution in [-0.4, -0.2) is 60.6 Å². The fourth-order valence-corrected chi connectivity index (χ4v) is 4.29. The maximum atomic E-state index is 12.8. The summed E-state index contributed by atoms with van der Waals surface area (Å²) >= 11 is 1.72. The number of thiazole rings is 1. The molecule has 1 amide bonds. The third kappa shape index (κ3) is 7.73. The lowest BCUT2D eigenvalue weighted by molar-refractivity contribution is -0.0586. The summed E-state index contributed by atoms with van der Waals surface area (Å²) in [5.41, 5.74) is 1.80. The van der Waals surface area contributed by atoms with Crippen molar-refractivity contribution in [1.82, 2.24) is 20.5 Å². The molecule has 0 bridgehead atoms. The van der Waals surface area contributed by atoms with Crippen LogP contribution in [0.3, 0.4) is 0 Å². The summed E-state index contributed by atoms with van der Waals surface area (Å²) in [6.45, 7) is 8.75. The molecule has 1 fully saturated rings. The van der Waals surface area contributed by atoms with Crippen LogP contribution in [-0.2, 0) is 17.7 Å². The van der Waals surface area contributed by atoms with Gasteiger partial charge in [-0.15, -0.1) is 35.3 Å². The van der Waals surface area contributed by atoms with Crippen LogP contribution < -0.4 is 10.6 Å². The van der Waals surface area contributed by atoms with E-state index in [9.17, 15) is 4.79 Å². The Balaban J connectivity index is 0.00000341. The summed E-state index contributed by atoms with van der Waals surface area (Å²) in [4.78, 5) is 24.5. The lowest BCUT2D eigenvalue weighted by Gasteiger charge is -2.35. The number of aryl methyl sites for hydroxylation is 1. The quantitative estimate of drug-likeness (QED) is 0.324. The first-order valence-electron chi connectivity index (χ1n) is 10.3. The Morgan fingerprint density at radius 2 is 1.90 bits per heavy atom. The first-order chi connectivity index (χ1) is 14.4. The fraction of sp³-hybridized carbons (Fsp3) is 0.500. The molecule has 9 heteroatoms. The minimum Gasteiger partial charge on any atom is -0.372 e. The fourth-order valence-electron chi connectivity index (χ4n) is 3.50. The van der Waals surface area contributed by atoms with E-state index in [1.54, 1.807) is 18.4 Å². The number of amides is 1. The lowest BCUT2D eigenvalue weighted by Crippen LogP contribution is -2.48. The average Bonchev–Trinajstić information content (AvgIpc) is 3.14. The molecule has 2 unspecified atom stereocenters. The predicted octanol–water partition coefficient (Wildman–Crippen LogP) is 3.23. The second kappa shape index (κ2) is 12.4. The molecule has 1 aliphatic heterocycles. The Kier molecular flexibility index (Phi) is 10.2. The standard InChI is InChI=1S/C22H31N5O2S.HI/c1-15-13-27(14-16(2)29-15)21(28)19-7-5-18(6-8-19)12-26-22(23-4)24-10-9-20-25-11-17(3)30-20;/h5-8,11,15-16H,9-10,12-14H2,1-4H3,(H2,23,24,26);1H. The highest BCUT2D eigenvalue weighted by atomic mass is 127. The molecule has 2 atom stereocenters. The SMILES string of the molecule is CN=C(NCCc1ncc(C)s1)NCc1ccc(C(=O)N2CC(C)OC(C)C2)cc1.I. The molecule has 3 rings (SSSR count). The number of carbonyl (C=O) groups is 1. The maximum Gasteiger partial charge on any atom is 0.254 e. The number of ether oxygens (including phenoxy) is 1. The molecule has 0 aliphatic carbocycles. The van der Waals surface area contributed by atoms with Gasteiger partial charge in [-0.05, 0) is 38.5 Å². The Morgan fingerprint density at radius 3 is 2.48 bits per heavy atom. The third-order valence-electron chi connectivity index (χ3n) is 4.89. The van der Waals surface area contributed by atoms with Crippen molar-refractivity contribution in [2.75, 3.05) is 26.7 Å².